The van der Waals surface area contributed by atoms with Gasteiger partial charge in [-0.15, -0.1) is 46.9 Å². The molecule has 0 atom stereocenters. The van der Waals surface area contributed by atoms with E-state index in [0.717, 1.165) is 0 Å². The van der Waals surface area contributed by atoms with Gasteiger partial charge in [0.05, 0.1) is 15.4 Å². The van der Waals surface area contributed by atoms with Gasteiger partial charge >= 0.3 is 0 Å². The first-order valence-electron chi connectivity index (χ1n) is 2.35. The molecule has 0 aliphatic carbocycles. The molecule has 0 aliphatic heterocycles. The van der Waals surface area contributed by atoms with Crippen molar-refractivity contribution in [2.75, 3.05) is 0 Å². The fourth-order valence-electron chi connectivity index (χ4n) is 0. The van der Waals surface area contributed by atoms with E-state index in [-0.39, 0.29) is 35.6 Å². The molecule has 0 amide bonds. The Hall–Kier alpha value is 0.595. The minimum absolute atomic E-state index is 0. The summed E-state index contributed by atoms with van der Waals surface area (Å²) in [7, 11) is 0. The van der Waals surface area contributed by atoms with Crippen LogP contribution in [0.1, 0.15) is 0 Å². The van der Waals surface area contributed by atoms with Gasteiger partial charge in [0.1, 0.15) is 0 Å². The van der Waals surface area contributed by atoms with Crippen molar-refractivity contribution >= 4 is 0 Å². The van der Waals surface area contributed by atoms with E-state index >= 15 is 0 Å². The standard InChI is InChI=1S/La.3H3NO4/c;3*2-1(3,4)5/h;3*2-4H. The molecule has 0 aliphatic rings. The van der Waals surface area contributed by atoms with Crippen molar-refractivity contribution in [2.45, 2.75) is 0 Å². The van der Waals surface area contributed by atoms with Gasteiger partial charge in [-0.1, -0.05) is 0 Å². The van der Waals surface area contributed by atoms with E-state index in [9.17, 15) is 0 Å². The van der Waals surface area contributed by atoms with Gasteiger partial charge in [-0.2, -0.15) is 0 Å². The molecule has 0 heterocycles. The van der Waals surface area contributed by atoms with Gasteiger partial charge in [0, 0.05) is 35.6 Å². The normalized spacial score (nSPS) is 11.2. The molecule has 9 N–H and O–H groups in total. The van der Waals surface area contributed by atoms with Crippen molar-refractivity contribution in [3.8, 4) is 0 Å². The van der Waals surface area contributed by atoms with Gasteiger partial charge in [-0.25, -0.2) is 0 Å². The molecule has 0 spiro atoms. The van der Waals surface area contributed by atoms with Crippen LogP contribution in [0.2, 0.25) is 0 Å². The number of hydrogen-bond acceptors (Lipinski definition) is 12. The first-order valence-corrected chi connectivity index (χ1v) is 2.35. The fourth-order valence-corrected chi connectivity index (χ4v) is 0. The van der Waals surface area contributed by atoms with E-state index < -0.39 is 15.4 Å². The zero-order valence-electron chi connectivity index (χ0n) is 7.17. The Morgan fingerprint density at radius 3 is 0.438 bits per heavy atom. The molecule has 0 aromatic carbocycles. The van der Waals surface area contributed by atoms with Crippen molar-refractivity contribution in [1.29, 1.82) is 0 Å². The van der Waals surface area contributed by atoms with Crippen LogP contribution in [0.3, 0.4) is 0 Å². The number of quaternary nitrogens is 3. The Morgan fingerprint density at radius 2 is 0.438 bits per heavy atom. The Kier molecular flexibility index (Phi) is 15.3. The summed E-state index contributed by atoms with van der Waals surface area (Å²) in [6, 6.07) is 0. The monoisotopic (exact) mass is 382 g/mol. The van der Waals surface area contributed by atoms with Crippen LogP contribution in [-0.2, 0) is 0 Å². The van der Waals surface area contributed by atoms with E-state index in [4.69, 9.17) is 62.5 Å². The number of nitrogens with zero attached hydrogens (tertiary/aromatic N) is 3. The zero-order chi connectivity index (χ0) is 13.5. The van der Waals surface area contributed by atoms with Crippen molar-refractivity contribution < 1.29 is 97.9 Å². The van der Waals surface area contributed by atoms with Gasteiger partial charge in [-0.05, 0) is 0 Å². The third-order valence-corrected chi connectivity index (χ3v) is 0. The summed E-state index contributed by atoms with van der Waals surface area (Å²) in [5.41, 5.74) is 0. The molecule has 0 unspecified atom stereocenters. The molecule has 0 aromatic rings. The average molecular weight is 382 g/mol. The molecule has 0 aromatic heterocycles. The second-order valence-corrected chi connectivity index (χ2v) is 1.54. The Morgan fingerprint density at radius 1 is 0.438 bits per heavy atom. The summed E-state index contributed by atoms with van der Waals surface area (Å²) in [4.78, 5) is 0. The van der Waals surface area contributed by atoms with E-state index in [0.29, 0.717) is 0 Å². The quantitative estimate of drug-likeness (QED) is 0.170. The van der Waals surface area contributed by atoms with Crippen LogP contribution >= 0.6 is 0 Å². The van der Waals surface area contributed by atoms with Crippen LogP contribution < -0.4 is 0 Å². The Bertz CT molecular complexity index is 91.3. The maximum Gasteiger partial charge on any atom is 0.0686 e. The maximum atomic E-state index is 8.71. The number of hydrogen-bond donors (Lipinski definition) is 9. The van der Waals surface area contributed by atoms with Crippen LogP contribution in [0.4, 0.5) is 0 Å². The molecule has 0 bridgehead atoms. The first-order chi connectivity index (χ1) is 6.00. The van der Waals surface area contributed by atoms with Gasteiger partial charge < -0.3 is 15.6 Å². The van der Waals surface area contributed by atoms with Crippen LogP contribution in [0.5, 0.6) is 0 Å². The summed E-state index contributed by atoms with van der Waals surface area (Å²) < 4.78 is 0. The van der Waals surface area contributed by atoms with Crippen LogP contribution in [0.15, 0.2) is 0 Å². The van der Waals surface area contributed by atoms with Crippen molar-refractivity contribution in [1.82, 2.24) is 0 Å². The second-order valence-electron chi connectivity index (χ2n) is 1.54. The average Bonchev–Trinajstić information content (AvgIpc) is 1.41. The van der Waals surface area contributed by atoms with E-state index in [2.05, 4.69) is 0 Å². The molecular weight excluding hydrogens is 373 g/mol. The summed E-state index contributed by atoms with van der Waals surface area (Å²) in [5.74, 6) is 0. The Balaban J connectivity index is -0.0000000655. The minimum Gasteiger partial charge on any atom is -0.529 e. The Labute approximate surface area is 113 Å². The van der Waals surface area contributed by atoms with Gasteiger partial charge in [-0.3, -0.25) is 0 Å². The zero-order valence-corrected chi connectivity index (χ0v) is 10.8. The van der Waals surface area contributed by atoms with E-state index in [1.165, 1.54) is 0 Å². The van der Waals surface area contributed by atoms with Crippen molar-refractivity contribution in [2.24, 2.45) is 0 Å². The maximum absolute atomic E-state index is 8.71. The second kappa shape index (κ2) is 9.61. The molecular formula is H9LaN3O12. The molecule has 15 nitrogen and oxygen atoms in total. The molecule has 0 rings (SSSR count). The first kappa shape index (κ1) is 25.4. The fraction of sp³-hybridized carbons (Fsp3) is 0. The predicted molar refractivity (Wildman–Crippen MR) is 27.0 cm³/mol. The third kappa shape index (κ3) is 7620. The molecule has 16 heavy (non-hydrogen) atoms. The summed E-state index contributed by atoms with van der Waals surface area (Å²) >= 11 is 0. The van der Waals surface area contributed by atoms with Crippen LogP contribution in [0.25, 0.3) is 0 Å². The molecule has 99 valence electrons. The van der Waals surface area contributed by atoms with E-state index in [1.54, 1.807) is 0 Å². The van der Waals surface area contributed by atoms with Crippen molar-refractivity contribution in [3.05, 3.63) is 15.6 Å². The summed E-state index contributed by atoms with van der Waals surface area (Å²) in [5, 5.41) is 79.5. The third-order valence-electron chi connectivity index (χ3n) is 0. The largest absolute Gasteiger partial charge is 0.529 e. The van der Waals surface area contributed by atoms with Gasteiger partial charge in [0.15, 0.2) is 0 Å². The topological polar surface area (TPSA) is 251 Å². The predicted octanol–water partition coefficient (Wildman–Crippen LogP) is -1.59. The SMILES string of the molecule is [La].[O-][N+](O)(O)O.[O-][N+](O)(O)O.[O-][N+](O)(O)O. The van der Waals surface area contributed by atoms with Crippen LogP contribution in [0, 0.1) is 51.2 Å². The number of rotatable bonds is 0. The minimum atomic E-state index is -3.25. The molecule has 0 saturated heterocycles. The van der Waals surface area contributed by atoms with Gasteiger partial charge in [0.2, 0.25) is 0 Å². The van der Waals surface area contributed by atoms with Crippen molar-refractivity contribution in [3.63, 3.8) is 0 Å². The summed E-state index contributed by atoms with van der Waals surface area (Å²) in [6.45, 7) is 0. The molecule has 0 fully saturated rings. The van der Waals surface area contributed by atoms with Gasteiger partial charge in [0.25, 0.3) is 0 Å². The molecule has 1 radical (unpaired) electrons. The van der Waals surface area contributed by atoms with E-state index in [1.807, 2.05) is 0 Å². The smallest absolute Gasteiger partial charge is 0.0686 e. The molecule has 16 heteroatoms. The molecule has 0 saturated carbocycles. The van der Waals surface area contributed by atoms with Crippen LogP contribution in [-0.4, -0.2) is 62.3 Å². The summed E-state index contributed by atoms with van der Waals surface area (Å²) in [6.07, 6.45) is 0.